The molecule has 2 heterocycles. The smallest absolute Gasteiger partial charge is 0.122 e. The molecule has 0 unspecified atom stereocenters. The Bertz CT molecular complexity index is 400. The van der Waals surface area contributed by atoms with Crippen LogP contribution >= 0.6 is 0 Å². The lowest BCUT2D eigenvalue weighted by atomic mass is 9.89. The Kier molecular flexibility index (Phi) is 1.77. The maximum atomic E-state index is 6.02. The van der Waals surface area contributed by atoms with Gasteiger partial charge in [-0.2, -0.15) is 0 Å². The molecule has 84 valence electrons. The summed E-state index contributed by atoms with van der Waals surface area (Å²) in [5.41, 5.74) is 1.47. The third-order valence-corrected chi connectivity index (χ3v) is 4.31. The number of nitrogens with zero attached hydrogens (tertiary/aromatic N) is 1. The number of hydrogen-bond acceptors (Lipinski definition) is 2. The minimum atomic E-state index is 0.0899. The summed E-state index contributed by atoms with van der Waals surface area (Å²) in [6.07, 6.45) is 4.46. The molecule has 1 aliphatic carbocycles. The molecule has 2 aliphatic heterocycles. The number of ether oxygens (including phenoxy) is 1. The number of piperidine rings is 1. The molecule has 16 heavy (non-hydrogen) atoms. The molecule has 0 spiro atoms. The largest absolute Gasteiger partial charge is 0.360 e. The number of hydrogen-bond donors (Lipinski definition) is 0. The summed E-state index contributed by atoms with van der Waals surface area (Å²) in [4.78, 5) is 2.62. The van der Waals surface area contributed by atoms with Crippen LogP contribution < -0.4 is 0 Å². The van der Waals surface area contributed by atoms with E-state index in [0.29, 0.717) is 6.10 Å². The Morgan fingerprint density at radius 1 is 1.19 bits per heavy atom. The van der Waals surface area contributed by atoms with Gasteiger partial charge >= 0.3 is 0 Å². The lowest BCUT2D eigenvalue weighted by molar-refractivity contribution is 0.216. The van der Waals surface area contributed by atoms with Crippen LogP contribution in [0.1, 0.15) is 24.8 Å². The zero-order chi connectivity index (χ0) is 10.6. The summed E-state index contributed by atoms with van der Waals surface area (Å²) in [6.45, 7) is 2.37. The molecule has 2 heteroatoms. The summed E-state index contributed by atoms with van der Waals surface area (Å²) in [5.74, 6) is 0. The number of benzene rings is 1. The highest BCUT2D eigenvalue weighted by atomic mass is 16.6. The van der Waals surface area contributed by atoms with E-state index >= 15 is 0 Å². The van der Waals surface area contributed by atoms with Crippen molar-refractivity contribution in [1.29, 1.82) is 0 Å². The normalized spacial score (nSPS) is 38.1. The van der Waals surface area contributed by atoms with E-state index < -0.39 is 0 Å². The van der Waals surface area contributed by atoms with Gasteiger partial charge in [0, 0.05) is 19.1 Å². The SMILES string of the molecule is c1ccc([C@]23CCN(C4CC4)C[C@@H]2O3)cc1. The molecule has 1 aromatic rings. The summed E-state index contributed by atoms with van der Waals surface area (Å²) in [6, 6.07) is 11.6. The van der Waals surface area contributed by atoms with Gasteiger partial charge < -0.3 is 4.74 Å². The van der Waals surface area contributed by atoms with E-state index in [-0.39, 0.29) is 5.60 Å². The van der Waals surface area contributed by atoms with Crippen LogP contribution in [0.15, 0.2) is 30.3 Å². The predicted molar refractivity (Wildman–Crippen MR) is 62.2 cm³/mol. The average molecular weight is 215 g/mol. The fourth-order valence-electron chi connectivity index (χ4n) is 3.13. The number of fused-ring (bicyclic) bond motifs is 1. The second kappa shape index (κ2) is 3.08. The molecule has 1 saturated carbocycles. The Morgan fingerprint density at radius 3 is 2.69 bits per heavy atom. The Morgan fingerprint density at radius 2 is 2.00 bits per heavy atom. The van der Waals surface area contributed by atoms with Crippen molar-refractivity contribution in [2.45, 2.75) is 37.0 Å². The van der Waals surface area contributed by atoms with Crippen LogP contribution in [0.2, 0.25) is 0 Å². The first kappa shape index (κ1) is 9.20. The molecule has 0 aromatic heterocycles. The molecular formula is C14H17NO. The van der Waals surface area contributed by atoms with Gasteiger partial charge in [-0.3, -0.25) is 4.90 Å². The second-order valence-corrected chi connectivity index (χ2v) is 5.34. The van der Waals surface area contributed by atoms with Crippen molar-refractivity contribution in [1.82, 2.24) is 4.90 Å². The summed E-state index contributed by atoms with van der Waals surface area (Å²) in [7, 11) is 0. The monoisotopic (exact) mass is 215 g/mol. The van der Waals surface area contributed by atoms with Crippen LogP contribution in [-0.2, 0) is 10.3 Å². The van der Waals surface area contributed by atoms with E-state index in [4.69, 9.17) is 4.74 Å². The van der Waals surface area contributed by atoms with Crippen molar-refractivity contribution >= 4 is 0 Å². The number of likely N-dealkylation sites (tertiary alicyclic amines) is 1. The van der Waals surface area contributed by atoms with Crippen LogP contribution in [0, 0.1) is 0 Å². The summed E-state index contributed by atoms with van der Waals surface area (Å²) >= 11 is 0. The number of epoxide rings is 1. The van der Waals surface area contributed by atoms with E-state index in [9.17, 15) is 0 Å². The van der Waals surface area contributed by atoms with Gasteiger partial charge in [0.15, 0.2) is 0 Å². The third kappa shape index (κ3) is 1.26. The fourth-order valence-corrected chi connectivity index (χ4v) is 3.13. The van der Waals surface area contributed by atoms with Gasteiger partial charge in [0.1, 0.15) is 11.7 Å². The van der Waals surface area contributed by atoms with Gasteiger partial charge in [0.2, 0.25) is 0 Å². The zero-order valence-electron chi connectivity index (χ0n) is 9.43. The Labute approximate surface area is 96.2 Å². The third-order valence-electron chi connectivity index (χ3n) is 4.31. The molecule has 3 aliphatic rings. The average Bonchev–Trinajstić information content (AvgIpc) is 3.22. The van der Waals surface area contributed by atoms with Crippen molar-refractivity contribution in [3.63, 3.8) is 0 Å². The molecular weight excluding hydrogens is 198 g/mol. The van der Waals surface area contributed by atoms with Crippen LogP contribution in [0.5, 0.6) is 0 Å². The van der Waals surface area contributed by atoms with Gasteiger partial charge in [0.05, 0.1) is 0 Å². The second-order valence-electron chi connectivity index (χ2n) is 5.34. The van der Waals surface area contributed by atoms with Crippen molar-refractivity contribution in [3.8, 4) is 0 Å². The topological polar surface area (TPSA) is 15.8 Å². The van der Waals surface area contributed by atoms with Gasteiger partial charge in [-0.15, -0.1) is 0 Å². The number of rotatable bonds is 2. The van der Waals surface area contributed by atoms with Gasteiger partial charge in [0.25, 0.3) is 0 Å². The Balaban J connectivity index is 1.55. The molecule has 3 fully saturated rings. The highest BCUT2D eigenvalue weighted by molar-refractivity contribution is 5.30. The molecule has 2 nitrogen and oxygen atoms in total. The first-order valence-electron chi connectivity index (χ1n) is 6.36. The van der Waals surface area contributed by atoms with Crippen LogP contribution in [-0.4, -0.2) is 30.1 Å². The quantitative estimate of drug-likeness (QED) is 0.703. The van der Waals surface area contributed by atoms with E-state index in [0.717, 1.165) is 12.6 Å². The zero-order valence-corrected chi connectivity index (χ0v) is 9.43. The van der Waals surface area contributed by atoms with Crippen LogP contribution in [0.25, 0.3) is 0 Å². The van der Waals surface area contributed by atoms with Crippen molar-refractivity contribution < 1.29 is 4.74 Å². The van der Waals surface area contributed by atoms with E-state index in [2.05, 4.69) is 35.2 Å². The molecule has 0 bridgehead atoms. The summed E-state index contributed by atoms with van der Waals surface area (Å²) in [5, 5.41) is 0. The standard InChI is InChI=1S/C14H17NO/c1-2-4-11(5-3-1)14-8-9-15(12-6-7-12)10-13(14)16-14/h1-5,12-13H,6-10H2/t13-,14+/m0/s1. The molecule has 0 radical (unpaired) electrons. The van der Waals surface area contributed by atoms with Crippen molar-refractivity contribution in [2.75, 3.05) is 13.1 Å². The molecule has 1 aromatic carbocycles. The van der Waals surface area contributed by atoms with Gasteiger partial charge in [-0.1, -0.05) is 30.3 Å². The minimum absolute atomic E-state index is 0.0899. The minimum Gasteiger partial charge on any atom is -0.360 e. The molecule has 0 amide bonds. The molecule has 0 N–H and O–H groups in total. The van der Waals surface area contributed by atoms with Gasteiger partial charge in [-0.25, -0.2) is 0 Å². The van der Waals surface area contributed by atoms with Crippen LogP contribution in [0.4, 0.5) is 0 Å². The van der Waals surface area contributed by atoms with Crippen molar-refractivity contribution in [3.05, 3.63) is 35.9 Å². The summed E-state index contributed by atoms with van der Waals surface area (Å²) < 4.78 is 6.02. The van der Waals surface area contributed by atoms with Gasteiger partial charge in [-0.05, 0) is 24.8 Å². The molecule has 2 saturated heterocycles. The van der Waals surface area contributed by atoms with E-state index in [1.807, 2.05) is 0 Å². The molecule has 2 atom stereocenters. The van der Waals surface area contributed by atoms with Crippen LogP contribution in [0.3, 0.4) is 0 Å². The maximum Gasteiger partial charge on any atom is 0.122 e. The highest BCUT2D eigenvalue weighted by Crippen LogP contribution is 2.52. The highest BCUT2D eigenvalue weighted by Gasteiger charge is 2.60. The first-order valence-corrected chi connectivity index (χ1v) is 6.36. The Hall–Kier alpha value is -0.860. The van der Waals surface area contributed by atoms with Crippen molar-refractivity contribution in [2.24, 2.45) is 0 Å². The lowest BCUT2D eigenvalue weighted by Crippen LogP contribution is -2.39. The molecule has 4 rings (SSSR count). The first-order chi connectivity index (χ1) is 7.88. The maximum absolute atomic E-state index is 6.02. The fraction of sp³-hybridized carbons (Fsp3) is 0.571. The predicted octanol–water partition coefficient (Wildman–Crippen LogP) is 2.15. The lowest BCUT2D eigenvalue weighted by Gasteiger charge is -2.28. The van der Waals surface area contributed by atoms with E-state index in [1.54, 1.807) is 0 Å². The van der Waals surface area contributed by atoms with E-state index in [1.165, 1.54) is 31.4 Å².